The van der Waals surface area contributed by atoms with Crippen molar-refractivity contribution in [2.24, 2.45) is 10.4 Å². The lowest BCUT2D eigenvalue weighted by Gasteiger charge is -2.37. The van der Waals surface area contributed by atoms with Crippen LogP contribution in [0.4, 0.5) is 0 Å². The smallest absolute Gasteiger partial charge is 0.191 e. The summed E-state index contributed by atoms with van der Waals surface area (Å²) in [6.07, 6.45) is 6.49. The zero-order chi connectivity index (χ0) is 12.1. The molecule has 0 aromatic carbocycles. The summed E-state index contributed by atoms with van der Waals surface area (Å²) in [6.45, 7) is 5.40. The van der Waals surface area contributed by atoms with Crippen molar-refractivity contribution < 1.29 is 4.74 Å². The number of hydrogen-bond donors (Lipinski definition) is 2. The molecule has 0 aromatic heterocycles. The summed E-state index contributed by atoms with van der Waals surface area (Å²) in [5.41, 5.74) is 0.399. The van der Waals surface area contributed by atoms with Crippen LogP contribution in [0.1, 0.15) is 39.0 Å². The Morgan fingerprint density at radius 3 is 2.82 bits per heavy atom. The molecule has 2 rings (SSSR count). The first-order valence-corrected chi connectivity index (χ1v) is 6.77. The Labute approximate surface area is 104 Å². The minimum atomic E-state index is 0.399. The first kappa shape index (κ1) is 12.7. The van der Waals surface area contributed by atoms with E-state index >= 15 is 0 Å². The minimum absolute atomic E-state index is 0.399. The van der Waals surface area contributed by atoms with Crippen LogP contribution in [-0.2, 0) is 4.74 Å². The van der Waals surface area contributed by atoms with Crippen molar-refractivity contribution in [1.29, 1.82) is 0 Å². The van der Waals surface area contributed by atoms with Gasteiger partial charge in [0.25, 0.3) is 0 Å². The van der Waals surface area contributed by atoms with Crippen LogP contribution in [0.25, 0.3) is 0 Å². The Kier molecular flexibility index (Phi) is 4.26. The SMILES string of the molecule is COC1CCC(C)(CNC2=NCCCN2)CC1. The molecular formula is C13H25N3O. The Hall–Kier alpha value is -0.770. The van der Waals surface area contributed by atoms with Crippen molar-refractivity contribution in [2.75, 3.05) is 26.7 Å². The summed E-state index contributed by atoms with van der Waals surface area (Å²) in [6, 6.07) is 0. The van der Waals surface area contributed by atoms with E-state index in [9.17, 15) is 0 Å². The van der Waals surface area contributed by atoms with Crippen LogP contribution in [0, 0.1) is 5.41 Å². The highest BCUT2D eigenvalue weighted by molar-refractivity contribution is 5.80. The van der Waals surface area contributed by atoms with Gasteiger partial charge in [0.15, 0.2) is 5.96 Å². The van der Waals surface area contributed by atoms with Gasteiger partial charge in [-0.2, -0.15) is 0 Å². The van der Waals surface area contributed by atoms with Gasteiger partial charge in [-0.3, -0.25) is 4.99 Å². The van der Waals surface area contributed by atoms with E-state index in [0.717, 1.165) is 32.0 Å². The Morgan fingerprint density at radius 1 is 1.47 bits per heavy atom. The fraction of sp³-hybridized carbons (Fsp3) is 0.923. The van der Waals surface area contributed by atoms with Gasteiger partial charge in [-0.05, 0) is 37.5 Å². The van der Waals surface area contributed by atoms with E-state index in [0.29, 0.717) is 11.5 Å². The van der Waals surface area contributed by atoms with E-state index in [2.05, 4.69) is 22.5 Å². The molecule has 0 unspecified atom stereocenters. The molecular weight excluding hydrogens is 214 g/mol. The van der Waals surface area contributed by atoms with Crippen LogP contribution in [0.2, 0.25) is 0 Å². The standard InChI is InChI=1S/C13H25N3O/c1-13(6-4-11(17-2)5-7-13)10-16-12-14-8-3-9-15-12/h11H,3-10H2,1-2H3,(H2,14,15,16). The number of aliphatic imine (C=N–C) groups is 1. The van der Waals surface area contributed by atoms with Crippen LogP contribution in [0.5, 0.6) is 0 Å². The van der Waals surface area contributed by atoms with Gasteiger partial charge in [-0.15, -0.1) is 0 Å². The van der Waals surface area contributed by atoms with Gasteiger partial charge in [0, 0.05) is 26.7 Å². The molecule has 1 aliphatic heterocycles. The molecule has 0 bridgehead atoms. The summed E-state index contributed by atoms with van der Waals surface area (Å²) in [7, 11) is 1.83. The lowest BCUT2D eigenvalue weighted by molar-refractivity contribution is 0.0338. The summed E-state index contributed by atoms with van der Waals surface area (Å²) < 4.78 is 5.42. The molecule has 1 heterocycles. The molecule has 1 saturated carbocycles. The molecule has 2 aliphatic rings. The number of methoxy groups -OCH3 is 1. The van der Waals surface area contributed by atoms with E-state index < -0.39 is 0 Å². The summed E-state index contributed by atoms with van der Waals surface area (Å²) in [5, 5.41) is 6.77. The second-order valence-electron chi connectivity index (χ2n) is 5.61. The van der Waals surface area contributed by atoms with Crippen LogP contribution in [0.3, 0.4) is 0 Å². The summed E-state index contributed by atoms with van der Waals surface area (Å²) >= 11 is 0. The zero-order valence-corrected chi connectivity index (χ0v) is 11.1. The van der Waals surface area contributed by atoms with Gasteiger partial charge >= 0.3 is 0 Å². The number of hydrogen-bond acceptors (Lipinski definition) is 4. The molecule has 2 N–H and O–H groups in total. The van der Waals surface area contributed by atoms with Gasteiger partial charge in [0.05, 0.1) is 6.10 Å². The van der Waals surface area contributed by atoms with E-state index in [1.165, 1.54) is 25.7 Å². The second-order valence-corrected chi connectivity index (χ2v) is 5.61. The van der Waals surface area contributed by atoms with E-state index in [4.69, 9.17) is 4.74 Å². The maximum absolute atomic E-state index is 5.42. The fourth-order valence-corrected chi connectivity index (χ4v) is 2.65. The monoisotopic (exact) mass is 239 g/mol. The molecule has 0 amide bonds. The van der Waals surface area contributed by atoms with Gasteiger partial charge in [0.2, 0.25) is 0 Å². The molecule has 1 aliphatic carbocycles. The van der Waals surface area contributed by atoms with Crippen LogP contribution in [0.15, 0.2) is 4.99 Å². The molecule has 4 heteroatoms. The lowest BCUT2D eigenvalue weighted by Crippen LogP contribution is -2.46. The van der Waals surface area contributed by atoms with Crippen molar-refractivity contribution in [3.8, 4) is 0 Å². The molecule has 0 radical (unpaired) electrons. The lowest BCUT2D eigenvalue weighted by atomic mass is 9.74. The number of ether oxygens (including phenoxy) is 1. The van der Waals surface area contributed by atoms with E-state index in [1.54, 1.807) is 0 Å². The van der Waals surface area contributed by atoms with Gasteiger partial charge in [0.1, 0.15) is 0 Å². The molecule has 0 saturated heterocycles. The highest BCUT2D eigenvalue weighted by Gasteiger charge is 2.31. The van der Waals surface area contributed by atoms with Gasteiger partial charge in [-0.25, -0.2) is 0 Å². The van der Waals surface area contributed by atoms with Crippen molar-refractivity contribution in [1.82, 2.24) is 10.6 Å². The van der Waals surface area contributed by atoms with Crippen LogP contribution < -0.4 is 10.6 Å². The van der Waals surface area contributed by atoms with Crippen molar-refractivity contribution >= 4 is 5.96 Å². The molecule has 0 aromatic rings. The van der Waals surface area contributed by atoms with Crippen LogP contribution in [-0.4, -0.2) is 38.8 Å². The Morgan fingerprint density at radius 2 is 2.24 bits per heavy atom. The second kappa shape index (κ2) is 5.71. The fourth-order valence-electron chi connectivity index (χ4n) is 2.65. The molecule has 0 atom stereocenters. The first-order chi connectivity index (χ1) is 8.22. The zero-order valence-electron chi connectivity index (χ0n) is 11.1. The number of nitrogens with one attached hydrogen (secondary N) is 2. The average molecular weight is 239 g/mol. The third-order valence-electron chi connectivity index (χ3n) is 4.05. The van der Waals surface area contributed by atoms with Gasteiger partial charge in [-0.1, -0.05) is 6.92 Å². The summed E-state index contributed by atoms with van der Waals surface area (Å²) in [5.74, 6) is 0.992. The molecule has 4 nitrogen and oxygen atoms in total. The number of guanidine groups is 1. The molecule has 17 heavy (non-hydrogen) atoms. The normalized spacial score (nSPS) is 33.8. The Bertz CT molecular complexity index is 270. The summed E-state index contributed by atoms with van der Waals surface area (Å²) in [4.78, 5) is 4.45. The van der Waals surface area contributed by atoms with Crippen LogP contribution >= 0.6 is 0 Å². The molecule has 1 fully saturated rings. The van der Waals surface area contributed by atoms with Crippen molar-refractivity contribution in [2.45, 2.75) is 45.1 Å². The average Bonchev–Trinajstić information content (AvgIpc) is 2.39. The Balaban J connectivity index is 1.76. The molecule has 0 spiro atoms. The topological polar surface area (TPSA) is 45.6 Å². The van der Waals surface area contributed by atoms with E-state index in [1.807, 2.05) is 7.11 Å². The van der Waals surface area contributed by atoms with E-state index in [-0.39, 0.29) is 0 Å². The highest BCUT2D eigenvalue weighted by atomic mass is 16.5. The quantitative estimate of drug-likeness (QED) is 0.785. The maximum Gasteiger partial charge on any atom is 0.191 e. The van der Waals surface area contributed by atoms with Crippen molar-refractivity contribution in [3.63, 3.8) is 0 Å². The number of nitrogens with zero attached hydrogens (tertiary/aromatic N) is 1. The molecule has 98 valence electrons. The first-order valence-electron chi connectivity index (χ1n) is 6.77. The van der Waals surface area contributed by atoms with Gasteiger partial charge < -0.3 is 15.4 Å². The predicted molar refractivity (Wildman–Crippen MR) is 70.3 cm³/mol. The third-order valence-corrected chi connectivity index (χ3v) is 4.05. The third kappa shape index (κ3) is 3.60. The largest absolute Gasteiger partial charge is 0.381 e. The van der Waals surface area contributed by atoms with Crippen molar-refractivity contribution in [3.05, 3.63) is 0 Å². The highest BCUT2D eigenvalue weighted by Crippen LogP contribution is 2.36. The predicted octanol–water partition coefficient (Wildman–Crippen LogP) is 1.52. The minimum Gasteiger partial charge on any atom is -0.381 e. The maximum atomic E-state index is 5.42. The number of rotatable bonds is 3.